The molecule has 0 saturated heterocycles. The van der Waals surface area contributed by atoms with Crippen LogP contribution in [0.1, 0.15) is 6.92 Å². The maximum absolute atomic E-state index is 9.18. The molecule has 1 heterocycles. The van der Waals surface area contributed by atoms with Gasteiger partial charge in [0.25, 0.3) is 6.47 Å². The lowest BCUT2D eigenvalue weighted by Gasteiger charge is -1.79. The number of rotatable bonds is 2. The van der Waals surface area contributed by atoms with Crippen LogP contribution in [0.2, 0.25) is 0 Å². The molecule has 0 saturated carbocycles. The Kier molecular flexibility index (Phi) is 5.79. The number of carbonyl (C=O) groups is 1. The standard InChI is InChI=1S/C4H6N2.C3H6O2/c5-4-1-2-6-3-4;1-2-5-3-4/h1-3,6H,5H2;3H,2H2,1H3. The summed E-state index contributed by atoms with van der Waals surface area (Å²) in [6.45, 7) is 2.66. The van der Waals surface area contributed by atoms with Crippen molar-refractivity contribution < 1.29 is 9.53 Å². The predicted molar refractivity (Wildman–Crippen MR) is 42.9 cm³/mol. The normalized spacial score (nSPS) is 7.73. The minimum Gasteiger partial charge on any atom is -0.468 e. The highest BCUT2D eigenvalue weighted by molar-refractivity contribution is 5.36. The fourth-order valence-electron chi connectivity index (χ4n) is 0.405. The molecule has 0 unspecified atom stereocenters. The molecular formula is C7H12N2O2. The van der Waals surface area contributed by atoms with E-state index in [2.05, 4.69) is 9.72 Å². The monoisotopic (exact) mass is 156 g/mol. The van der Waals surface area contributed by atoms with E-state index < -0.39 is 0 Å². The second-order valence-corrected chi connectivity index (χ2v) is 1.70. The number of aromatic amines is 1. The molecule has 0 fully saturated rings. The SMILES string of the molecule is CCOC=O.Nc1cc[nH]c1. The average Bonchev–Trinajstić information content (AvgIpc) is 2.43. The van der Waals surface area contributed by atoms with Crippen molar-refractivity contribution >= 4 is 12.2 Å². The fraction of sp³-hybridized carbons (Fsp3) is 0.286. The zero-order valence-corrected chi connectivity index (χ0v) is 6.41. The summed E-state index contributed by atoms with van der Waals surface area (Å²) in [5.41, 5.74) is 6.03. The molecule has 1 aromatic heterocycles. The number of nitrogens with one attached hydrogen (secondary N) is 1. The Balaban J connectivity index is 0.000000187. The van der Waals surface area contributed by atoms with Gasteiger partial charge in [-0.1, -0.05) is 0 Å². The minimum atomic E-state index is 0.431. The van der Waals surface area contributed by atoms with Gasteiger partial charge < -0.3 is 15.5 Å². The van der Waals surface area contributed by atoms with E-state index in [-0.39, 0.29) is 0 Å². The van der Waals surface area contributed by atoms with Crippen LogP contribution in [0.15, 0.2) is 18.5 Å². The second kappa shape index (κ2) is 6.67. The van der Waals surface area contributed by atoms with Gasteiger partial charge in [-0.25, -0.2) is 0 Å². The van der Waals surface area contributed by atoms with E-state index in [9.17, 15) is 4.79 Å². The van der Waals surface area contributed by atoms with Crippen LogP contribution in [0.5, 0.6) is 0 Å². The molecule has 62 valence electrons. The van der Waals surface area contributed by atoms with E-state index in [1.54, 1.807) is 25.4 Å². The molecule has 0 aliphatic carbocycles. The number of anilines is 1. The minimum absolute atomic E-state index is 0.431. The molecule has 0 spiro atoms. The van der Waals surface area contributed by atoms with Crippen molar-refractivity contribution in [3.63, 3.8) is 0 Å². The first-order chi connectivity index (χ1) is 5.31. The van der Waals surface area contributed by atoms with Crippen molar-refractivity contribution in [1.29, 1.82) is 0 Å². The molecule has 11 heavy (non-hydrogen) atoms. The third kappa shape index (κ3) is 6.44. The number of nitrogens with two attached hydrogens (primary N) is 1. The quantitative estimate of drug-likeness (QED) is 0.621. The van der Waals surface area contributed by atoms with Gasteiger partial charge in [0, 0.05) is 18.1 Å². The summed E-state index contributed by atoms with van der Waals surface area (Å²) in [6.07, 6.45) is 3.52. The van der Waals surface area contributed by atoms with Gasteiger partial charge in [-0.15, -0.1) is 0 Å². The third-order valence-electron chi connectivity index (χ3n) is 0.857. The Morgan fingerprint density at radius 3 is 2.64 bits per heavy atom. The summed E-state index contributed by atoms with van der Waals surface area (Å²) in [5, 5.41) is 0. The first-order valence-electron chi connectivity index (χ1n) is 3.24. The van der Waals surface area contributed by atoms with E-state index >= 15 is 0 Å². The number of hydrogen-bond acceptors (Lipinski definition) is 3. The Morgan fingerprint density at radius 2 is 2.55 bits per heavy atom. The summed E-state index contributed by atoms with van der Waals surface area (Å²) in [7, 11) is 0. The Morgan fingerprint density at radius 1 is 1.82 bits per heavy atom. The zero-order valence-electron chi connectivity index (χ0n) is 6.41. The Bertz CT molecular complexity index is 173. The largest absolute Gasteiger partial charge is 0.468 e. The van der Waals surface area contributed by atoms with Gasteiger partial charge in [0.1, 0.15) is 0 Å². The van der Waals surface area contributed by atoms with Crippen LogP contribution < -0.4 is 5.73 Å². The molecule has 0 aromatic carbocycles. The molecule has 1 rings (SSSR count). The van der Waals surface area contributed by atoms with Crippen LogP contribution in [0.25, 0.3) is 0 Å². The topological polar surface area (TPSA) is 68.1 Å². The van der Waals surface area contributed by atoms with Crippen molar-refractivity contribution in [2.75, 3.05) is 12.3 Å². The molecule has 4 nitrogen and oxygen atoms in total. The number of hydrogen-bond donors (Lipinski definition) is 2. The molecule has 1 aromatic rings. The number of nitrogen functional groups attached to an aromatic ring is 1. The molecule has 0 radical (unpaired) electrons. The van der Waals surface area contributed by atoms with Crippen LogP contribution in [-0.4, -0.2) is 18.1 Å². The van der Waals surface area contributed by atoms with Crippen LogP contribution in [0.4, 0.5) is 5.69 Å². The third-order valence-corrected chi connectivity index (χ3v) is 0.857. The van der Waals surface area contributed by atoms with E-state index in [1.807, 2.05) is 0 Å². The van der Waals surface area contributed by atoms with Crippen LogP contribution in [0, 0.1) is 0 Å². The van der Waals surface area contributed by atoms with Gasteiger partial charge in [-0.3, -0.25) is 4.79 Å². The van der Waals surface area contributed by atoms with Gasteiger partial charge in [0.2, 0.25) is 0 Å². The number of ether oxygens (including phenoxy) is 1. The highest BCUT2D eigenvalue weighted by Crippen LogP contribution is 1.92. The average molecular weight is 156 g/mol. The molecule has 0 amide bonds. The molecule has 0 atom stereocenters. The van der Waals surface area contributed by atoms with Gasteiger partial charge in [-0.2, -0.15) is 0 Å². The van der Waals surface area contributed by atoms with Gasteiger partial charge >= 0.3 is 0 Å². The van der Waals surface area contributed by atoms with E-state index in [1.165, 1.54) is 0 Å². The first-order valence-corrected chi connectivity index (χ1v) is 3.24. The van der Waals surface area contributed by atoms with E-state index in [4.69, 9.17) is 5.73 Å². The van der Waals surface area contributed by atoms with Crippen molar-refractivity contribution in [2.24, 2.45) is 0 Å². The molecule has 0 bridgehead atoms. The smallest absolute Gasteiger partial charge is 0.293 e. The summed E-state index contributed by atoms with van der Waals surface area (Å²) >= 11 is 0. The van der Waals surface area contributed by atoms with Crippen molar-refractivity contribution in [2.45, 2.75) is 6.92 Å². The molecular weight excluding hydrogens is 144 g/mol. The first kappa shape index (κ1) is 9.55. The van der Waals surface area contributed by atoms with Gasteiger partial charge in [0.05, 0.1) is 6.61 Å². The van der Waals surface area contributed by atoms with Gasteiger partial charge in [-0.05, 0) is 13.0 Å². The maximum atomic E-state index is 9.18. The predicted octanol–water partition coefficient (Wildman–Crippen LogP) is 0.776. The lowest BCUT2D eigenvalue weighted by molar-refractivity contribution is -0.128. The van der Waals surface area contributed by atoms with Crippen LogP contribution in [-0.2, 0) is 9.53 Å². The highest BCUT2D eigenvalue weighted by atomic mass is 16.5. The van der Waals surface area contributed by atoms with Crippen molar-refractivity contribution in [3.8, 4) is 0 Å². The van der Waals surface area contributed by atoms with Crippen LogP contribution >= 0.6 is 0 Å². The zero-order chi connectivity index (χ0) is 8.53. The Hall–Kier alpha value is -1.45. The molecule has 0 aliphatic rings. The van der Waals surface area contributed by atoms with Gasteiger partial charge in [0.15, 0.2) is 0 Å². The summed E-state index contributed by atoms with van der Waals surface area (Å²) in [6, 6.07) is 1.81. The van der Waals surface area contributed by atoms with Crippen LogP contribution in [0.3, 0.4) is 0 Å². The summed E-state index contributed by atoms with van der Waals surface area (Å²) in [4.78, 5) is 12.0. The van der Waals surface area contributed by atoms with Crippen molar-refractivity contribution in [3.05, 3.63) is 18.5 Å². The van der Waals surface area contributed by atoms with Crippen molar-refractivity contribution in [1.82, 2.24) is 4.98 Å². The van der Waals surface area contributed by atoms with E-state index in [0.717, 1.165) is 5.69 Å². The fourth-order valence-corrected chi connectivity index (χ4v) is 0.405. The second-order valence-electron chi connectivity index (χ2n) is 1.70. The maximum Gasteiger partial charge on any atom is 0.293 e. The molecule has 4 heteroatoms. The van der Waals surface area contributed by atoms with E-state index in [0.29, 0.717) is 13.1 Å². The summed E-state index contributed by atoms with van der Waals surface area (Å²) < 4.78 is 4.15. The number of aromatic nitrogens is 1. The molecule has 0 aliphatic heterocycles. The lowest BCUT2D eigenvalue weighted by atomic mass is 10.6. The number of H-pyrrole nitrogens is 1. The highest BCUT2D eigenvalue weighted by Gasteiger charge is 1.73. The lowest BCUT2D eigenvalue weighted by Crippen LogP contribution is -1.80. The molecule has 3 N–H and O–H groups in total. The Labute approximate surface area is 65.4 Å². The number of carbonyl (C=O) groups excluding carboxylic acids is 1. The summed E-state index contributed by atoms with van der Waals surface area (Å²) in [5.74, 6) is 0.